The summed E-state index contributed by atoms with van der Waals surface area (Å²) >= 11 is 0. The highest BCUT2D eigenvalue weighted by atomic mass is 16.1. The minimum Gasteiger partial charge on any atom is -0.349 e. The van der Waals surface area contributed by atoms with Crippen molar-refractivity contribution in [3.05, 3.63) is 35.9 Å². The molecule has 0 aromatic heterocycles. The zero-order chi connectivity index (χ0) is 12.0. The molecule has 0 aliphatic heterocycles. The molecule has 86 valence electrons. The van der Waals surface area contributed by atoms with Crippen molar-refractivity contribution < 1.29 is 4.79 Å². The van der Waals surface area contributed by atoms with Gasteiger partial charge in [0.05, 0.1) is 12.6 Å². The van der Waals surface area contributed by atoms with E-state index in [1.807, 2.05) is 44.2 Å². The van der Waals surface area contributed by atoms with E-state index in [-0.39, 0.29) is 11.9 Å². The average molecular weight is 218 g/mol. The molecule has 0 bridgehead atoms. The van der Waals surface area contributed by atoms with Crippen LogP contribution in [0.25, 0.3) is 0 Å². The molecule has 0 radical (unpaired) electrons. The van der Waals surface area contributed by atoms with Crippen LogP contribution in [-0.2, 0) is 11.3 Å². The summed E-state index contributed by atoms with van der Waals surface area (Å²) in [5.41, 5.74) is 2.12. The maximum absolute atomic E-state index is 10.9. The number of carbonyl (C=O) groups is 1. The number of rotatable bonds is 4. The lowest BCUT2D eigenvalue weighted by Gasteiger charge is -2.12. The summed E-state index contributed by atoms with van der Waals surface area (Å²) in [5.74, 6) is -0.0261. The van der Waals surface area contributed by atoms with Crippen LogP contribution in [0, 0.1) is 0 Å². The van der Waals surface area contributed by atoms with Crippen LogP contribution in [0.2, 0.25) is 0 Å². The van der Waals surface area contributed by atoms with Gasteiger partial charge in [-0.05, 0) is 19.4 Å². The van der Waals surface area contributed by atoms with E-state index >= 15 is 0 Å². The van der Waals surface area contributed by atoms with Gasteiger partial charge in [-0.1, -0.05) is 30.3 Å². The highest BCUT2D eigenvalue weighted by molar-refractivity contribution is 5.90. The highest BCUT2D eigenvalue weighted by Crippen LogP contribution is 2.01. The smallest absolute Gasteiger partial charge is 0.217 e. The van der Waals surface area contributed by atoms with E-state index in [9.17, 15) is 4.79 Å². The van der Waals surface area contributed by atoms with Crippen LogP contribution in [0.15, 0.2) is 35.3 Å². The Hall–Kier alpha value is -1.64. The fraction of sp³-hybridized carbons (Fsp3) is 0.385. The lowest BCUT2D eigenvalue weighted by atomic mass is 10.2. The van der Waals surface area contributed by atoms with Gasteiger partial charge in [0.25, 0.3) is 0 Å². The number of nitrogens with one attached hydrogen (secondary N) is 1. The normalized spacial score (nSPS) is 13.3. The molecular formula is C13H18N2O. The molecule has 0 spiro atoms. The average Bonchev–Trinajstić information content (AvgIpc) is 2.26. The Kier molecular flexibility index (Phi) is 4.70. The standard InChI is InChI=1S/C13H18N2O/c1-10(11(2)15-12(3)16)14-9-13-7-5-4-6-8-13/h4-8,11H,9H2,1-3H3,(H,15,16). The van der Waals surface area contributed by atoms with Crippen LogP contribution in [0.3, 0.4) is 0 Å². The van der Waals surface area contributed by atoms with Crippen molar-refractivity contribution in [3.8, 4) is 0 Å². The number of hydrogen-bond donors (Lipinski definition) is 1. The van der Waals surface area contributed by atoms with Crippen molar-refractivity contribution >= 4 is 11.6 Å². The number of nitrogens with zero attached hydrogens (tertiary/aromatic N) is 1. The Labute approximate surface area is 96.6 Å². The Balaban J connectivity index is 2.54. The first kappa shape index (κ1) is 12.4. The number of hydrogen-bond acceptors (Lipinski definition) is 2. The van der Waals surface area contributed by atoms with Gasteiger partial charge >= 0.3 is 0 Å². The number of benzene rings is 1. The Morgan fingerprint density at radius 2 is 1.94 bits per heavy atom. The van der Waals surface area contributed by atoms with E-state index in [4.69, 9.17) is 0 Å². The van der Waals surface area contributed by atoms with E-state index in [0.717, 1.165) is 5.71 Å². The Morgan fingerprint density at radius 1 is 1.31 bits per heavy atom. The molecule has 1 aromatic carbocycles. The summed E-state index contributed by atoms with van der Waals surface area (Å²) < 4.78 is 0. The zero-order valence-corrected chi connectivity index (χ0v) is 10.0. The molecule has 1 amide bonds. The molecule has 0 saturated carbocycles. The maximum Gasteiger partial charge on any atom is 0.217 e. The molecular weight excluding hydrogens is 200 g/mol. The van der Waals surface area contributed by atoms with Crippen LogP contribution in [0.5, 0.6) is 0 Å². The largest absolute Gasteiger partial charge is 0.349 e. The van der Waals surface area contributed by atoms with Crippen molar-refractivity contribution in [1.82, 2.24) is 5.32 Å². The minimum atomic E-state index is -0.0261. The van der Waals surface area contributed by atoms with Crippen molar-refractivity contribution in [2.24, 2.45) is 4.99 Å². The van der Waals surface area contributed by atoms with Crippen molar-refractivity contribution in [2.45, 2.75) is 33.4 Å². The SMILES string of the molecule is CC(=O)NC(C)C(C)=NCc1ccccc1. The van der Waals surface area contributed by atoms with Gasteiger partial charge in [-0.3, -0.25) is 9.79 Å². The van der Waals surface area contributed by atoms with E-state index in [1.165, 1.54) is 12.5 Å². The molecule has 3 nitrogen and oxygen atoms in total. The predicted molar refractivity (Wildman–Crippen MR) is 66.5 cm³/mol. The third-order valence-corrected chi connectivity index (χ3v) is 2.40. The summed E-state index contributed by atoms with van der Waals surface area (Å²) in [6.07, 6.45) is 0. The summed E-state index contributed by atoms with van der Waals surface area (Å²) in [6, 6.07) is 10.1. The summed E-state index contributed by atoms with van der Waals surface area (Å²) in [6.45, 7) is 6.05. The number of carbonyl (C=O) groups excluding carboxylic acids is 1. The zero-order valence-electron chi connectivity index (χ0n) is 10.0. The van der Waals surface area contributed by atoms with Crippen molar-refractivity contribution in [2.75, 3.05) is 0 Å². The molecule has 0 saturated heterocycles. The van der Waals surface area contributed by atoms with Gasteiger partial charge in [0.1, 0.15) is 0 Å². The second-order valence-electron chi connectivity index (χ2n) is 3.87. The Morgan fingerprint density at radius 3 is 2.50 bits per heavy atom. The van der Waals surface area contributed by atoms with Crippen LogP contribution < -0.4 is 5.32 Å². The molecule has 1 N–H and O–H groups in total. The quantitative estimate of drug-likeness (QED) is 0.773. The van der Waals surface area contributed by atoms with Crippen molar-refractivity contribution in [1.29, 1.82) is 0 Å². The molecule has 0 fully saturated rings. The van der Waals surface area contributed by atoms with E-state index in [1.54, 1.807) is 0 Å². The molecule has 1 rings (SSSR count). The van der Waals surface area contributed by atoms with E-state index in [2.05, 4.69) is 10.3 Å². The van der Waals surface area contributed by atoms with Crippen LogP contribution in [-0.4, -0.2) is 17.7 Å². The first-order chi connectivity index (χ1) is 7.59. The molecule has 0 heterocycles. The summed E-state index contributed by atoms with van der Waals surface area (Å²) in [5, 5.41) is 2.81. The molecule has 3 heteroatoms. The van der Waals surface area contributed by atoms with Gasteiger partial charge < -0.3 is 5.32 Å². The highest BCUT2D eigenvalue weighted by Gasteiger charge is 2.05. The number of amides is 1. The first-order valence-corrected chi connectivity index (χ1v) is 5.41. The van der Waals surface area contributed by atoms with E-state index < -0.39 is 0 Å². The Bertz CT molecular complexity index is 371. The topological polar surface area (TPSA) is 41.5 Å². The molecule has 0 aliphatic rings. The summed E-state index contributed by atoms with van der Waals surface area (Å²) in [7, 11) is 0. The fourth-order valence-electron chi connectivity index (χ4n) is 1.35. The van der Waals surface area contributed by atoms with Crippen molar-refractivity contribution in [3.63, 3.8) is 0 Å². The molecule has 0 aliphatic carbocycles. The van der Waals surface area contributed by atoms with Gasteiger partial charge in [0.15, 0.2) is 0 Å². The third-order valence-electron chi connectivity index (χ3n) is 2.40. The van der Waals surface area contributed by atoms with Crippen LogP contribution in [0.4, 0.5) is 0 Å². The van der Waals surface area contributed by atoms with Gasteiger partial charge in [0.2, 0.25) is 5.91 Å². The second kappa shape index (κ2) is 6.05. The van der Waals surface area contributed by atoms with Gasteiger partial charge in [0, 0.05) is 12.6 Å². The minimum absolute atomic E-state index is 0.00112. The predicted octanol–water partition coefficient (Wildman–Crippen LogP) is 2.17. The molecule has 16 heavy (non-hydrogen) atoms. The lowest BCUT2D eigenvalue weighted by Crippen LogP contribution is -2.35. The number of aliphatic imine (C=N–C) groups is 1. The molecule has 1 unspecified atom stereocenters. The third kappa shape index (κ3) is 4.26. The van der Waals surface area contributed by atoms with Crippen LogP contribution >= 0.6 is 0 Å². The summed E-state index contributed by atoms with van der Waals surface area (Å²) in [4.78, 5) is 15.3. The van der Waals surface area contributed by atoms with Crippen LogP contribution in [0.1, 0.15) is 26.3 Å². The van der Waals surface area contributed by atoms with Gasteiger partial charge in [-0.2, -0.15) is 0 Å². The van der Waals surface area contributed by atoms with Gasteiger partial charge in [-0.15, -0.1) is 0 Å². The molecule has 1 aromatic rings. The van der Waals surface area contributed by atoms with Gasteiger partial charge in [-0.25, -0.2) is 0 Å². The second-order valence-corrected chi connectivity index (χ2v) is 3.87. The fourth-order valence-corrected chi connectivity index (χ4v) is 1.35. The van der Waals surface area contributed by atoms with E-state index in [0.29, 0.717) is 6.54 Å². The molecule has 1 atom stereocenters. The monoisotopic (exact) mass is 218 g/mol. The lowest BCUT2D eigenvalue weighted by molar-refractivity contribution is -0.119. The first-order valence-electron chi connectivity index (χ1n) is 5.41. The maximum atomic E-state index is 10.9.